The third-order valence-corrected chi connectivity index (χ3v) is 3.59. The van der Waals surface area contributed by atoms with E-state index in [1.54, 1.807) is 43.3 Å². The van der Waals surface area contributed by atoms with Crippen LogP contribution in [-0.4, -0.2) is 11.1 Å². The summed E-state index contributed by atoms with van der Waals surface area (Å²) < 4.78 is 18.2. The van der Waals surface area contributed by atoms with Gasteiger partial charge in [0.2, 0.25) is 0 Å². The van der Waals surface area contributed by atoms with E-state index in [4.69, 9.17) is 4.74 Å². The van der Waals surface area contributed by atoms with Crippen molar-refractivity contribution in [2.24, 2.45) is 0 Å². The Morgan fingerprint density at radius 2 is 1.81 bits per heavy atom. The van der Waals surface area contributed by atoms with Crippen molar-refractivity contribution in [1.82, 2.24) is 0 Å². The Kier molecular flexibility index (Phi) is 3.31. The fourth-order valence-electron chi connectivity index (χ4n) is 2.43. The molecule has 1 unspecified atom stereocenters. The quantitative estimate of drug-likeness (QED) is 0.497. The van der Waals surface area contributed by atoms with Crippen LogP contribution in [0.4, 0.5) is 4.39 Å². The molecule has 1 atom stereocenters. The molecule has 0 radical (unpaired) electrons. The normalized spacial score (nSPS) is 19.8. The van der Waals surface area contributed by atoms with Crippen LogP contribution in [0.15, 0.2) is 54.1 Å². The highest BCUT2D eigenvalue weighted by molar-refractivity contribution is 6.01. The molecule has 2 aromatic rings. The van der Waals surface area contributed by atoms with Crippen LogP contribution >= 0.6 is 0 Å². The van der Waals surface area contributed by atoms with E-state index in [0.29, 0.717) is 22.4 Å². The Balaban J connectivity index is 2.11. The third-order valence-electron chi connectivity index (χ3n) is 3.59. The monoisotopic (exact) mass is 284 g/mol. The van der Waals surface area contributed by atoms with Crippen molar-refractivity contribution in [3.8, 4) is 5.75 Å². The Labute approximate surface area is 121 Å². The number of aliphatic hydroxyl groups is 1. The first-order valence-corrected chi connectivity index (χ1v) is 6.54. The maximum atomic E-state index is 13.0. The van der Waals surface area contributed by atoms with Gasteiger partial charge in [-0.25, -0.2) is 9.18 Å². The molecule has 1 aliphatic heterocycles. The molecule has 0 fully saturated rings. The standard InChI is InChI=1S/C17H13FO3/c1-10(11-6-8-12(18)9-7-11)15-16(19)13-4-2-3-5-14(13)21-17(15)20/h2-9,16,19H,1H3/b15-10+. The highest BCUT2D eigenvalue weighted by Crippen LogP contribution is 2.38. The number of benzene rings is 2. The van der Waals surface area contributed by atoms with E-state index in [2.05, 4.69) is 0 Å². The van der Waals surface area contributed by atoms with Crippen LogP contribution in [-0.2, 0) is 4.79 Å². The smallest absolute Gasteiger partial charge is 0.342 e. The molecule has 0 spiro atoms. The average Bonchev–Trinajstić information content (AvgIpc) is 2.48. The number of hydrogen-bond donors (Lipinski definition) is 1. The van der Waals surface area contributed by atoms with E-state index < -0.39 is 12.1 Å². The summed E-state index contributed by atoms with van der Waals surface area (Å²) in [5.41, 5.74) is 1.97. The molecule has 3 nitrogen and oxygen atoms in total. The van der Waals surface area contributed by atoms with Crippen molar-refractivity contribution in [2.75, 3.05) is 0 Å². The first-order chi connectivity index (χ1) is 10.1. The lowest BCUT2D eigenvalue weighted by Gasteiger charge is -2.24. The Bertz CT molecular complexity index is 732. The summed E-state index contributed by atoms with van der Waals surface area (Å²) in [6, 6.07) is 12.6. The third kappa shape index (κ3) is 2.34. The number of carbonyl (C=O) groups is 1. The second kappa shape index (κ2) is 5.14. The minimum absolute atomic E-state index is 0.181. The lowest BCUT2D eigenvalue weighted by atomic mass is 9.91. The lowest BCUT2D eigenvalue weighted by Crippen LogP contribution is -2.24. The van der Waals surface area contributed by atoms with Crippen LogP contribution in [0.5, 0.6) is 5.75 Å². The first kappa shape index (κ1) is 13.5. The van der Waals surface area contributed by atoms with E-state index in [1.165, 1.54) is 12.1 Å². The molecule has 21 heavy (non-hydrogen) atoms. The molecule has 3 rings (SSSR count). The number of ether oxygens (including phenoxy) is 1. The molecule has 1 heterocycles. The van der Waals surface area contributed by atoms with Gasteiger partial charge in [-0.1, -0.05) is 30.3 Å². The summed E-state index contributed by atoms with van der Waals surface area (Å²) in [5, 5.41) is 10.4. The number of esters is 1. The van der Waals surface area contributed by atoms with Gasteiger partial charge in [-0.3, -0.25) is 0 Å². The Hall–Kier alpha value is -2.46. The zero-order valence-corrected chi connectivity index (χ0v) is 11.3. The molecule has 106 valence electrons. The predicted octanol–water partition coefficient (Wildman–Crippen LogP) is 3.25. The number of allylic oxidation sites excluding steroid dienone is 1. The van der Waals surface area contributed by atoms with Gasteiger partial charge in [-0.05, 0) is 36.3 Å². The maximum Gasteiger partial charge on any atom is 0.342 e. The summed E-state index contributed by atoms with van der Waals surface area (Å²) in [6.07, 6.45) is -1.05. The fourth-order valence-corrected chi connectivity index (χ4v) is 2.43. The highest BCUT2D eigenvalue weighted by Gasteiger charge is 2.32. The molecule has 4 heteroatoms. The van der Waals surface area contributed by atoms with Crippen molar-refractivity contribution in [2.45, 2.75) is 13.0 Å². The molecule has 0 saturated carbocycles. The van der Waals surface area contributed by atoms with Crippen LogP contribution in [0.3, 0.4) is 0 Å². The van der Waals surface area contributed by atoms with Crippen LogP contribution < -0.4 is 4.74 Å². The number of para-hydroxylation sites is 1. The van der Waals surface area contributed by atoms with Crippen molar-refractivity contribution < 1.29 is 19.0 Å². The molecular formula is C17H13FO3. The molecular weight excluding hydrogens is 271 g/mol. The number of fused-ring (bicyclic) bond motifs is 1. The number of hydrogen-bond acceptors (Lipinski definition) is 3. The van der Waals surface area contributed by atoms with Gasteiger partial charge in [0.15, 0.2) is 0 Å². The minimum atomic E-state index is -1.05. The van der Waals surface area contributed by atoms with E-state index in [0.717, 1.165) is 0 Å². The number of carbonyl (C=O) groups excluding carboxylic acids is 1. The van der Waals surface area contributed by atoms with Gasteiger partial charge in [0.05, 0.1) is 5.57 Å². The van der Waals surface area contributed by atoms with Gasteiger partial charge in [0.25, 0.3) is 0 Å². The van der Waals surface area contributed by atoms with E-state index in [1.807, 2.05) is 0 Å². The summed E-state index contributed by atoms with van der Waals surface area (Å²) in [7, 11) is 0. The largest absolute Gasteiger partial charge is 0.423 e. The number of aliphatic hydroxyl groups excluding tert-OH is 1. The van der Waals surface area contributed by atoms with Gasteiger partial charge in [0, 0.05) is 5.56 Å². The number of halogens is 1. The molecule has 0 aromatic heterocycles. The Morgan fingerprint density at radius 1 is 1.14 bits per heavy atom. The first-order valence-electron chi connectivity index (χ1n) is 6.54. The highest BCUT2D eigenvalue weighted by atomic mass is 19.1. The van der Waals surface area contributed by atoms with Crippen LogP contribution in [0, 0.1) is 5.82 Å². The number of rotatable bonds is 1. The molecule has 0 amide bonds. The molecule has 0 aliphatic carbocycles. The van der Waals surface area contributed by atoms with Crippen molar-refractivity contribution in [1.29, 1.82) is 0 Å². The molecule has 0 bridgehead atoms. The van der Waals surface area contributed by atoms with Crippen LogP contribution in [0.25, 0.3) is 5.57 Å². The van der Waals surface area contributed by atoms with E-state index in [9.17, 15) is 14.3 Å². The van der Waals surface area contributed by atoms with E-state index >= 15 is 0 Å². The molecule has 1 N–H and O–H groups in total. The Morgan fingerprint density at radius 3 is 2.52 bits per heavy atom. The van der Waals surface area contributed by atoms with Crippen LogP contribution in [0.2, 0.25) is 0 Å². The topological polar surface area (TPSA) is 46.5 Å². The minimum Gasteiger partial charge on any atom is -0.423 e. The van der Waals surface area contributed by atoms with Crippen molar-refractivity contribution >= 4 is 11.5 Å². The summed E-state index contributed by atoms with van der Waals surface area (Å²) >= 11 is 0. The zero-order chi connectivity index (χ0) is 15.0. The maximum absolute atomic E-state index is 13.0. The van der Waals surface area contributed by atoms with Gasteiger partial charge >= 0.3 is 5.97 Å². The SMILES string of the molecule is C/C(=C1\C(=O)Oc2ccccc2C1O)c1ccc(F)cc1. The van der Waals surface area contributed by atoms with Crippen molar-refractivity contribution in [3.05, 3.63) is 71.0 Å². The summed E-state index contributed by atoms with van der Waals surface area (Å²) in [4.78, 5) is 12.1. The summed E-state index contributed by atoms with van der Waals surface area (Å²) in [6.45, 7) is 1.71. The average molecular weight is 284 g/mol. The molecule has 1 aliphatic rings. The lowest BCUT2D eigenvalue weighted by molar-refractivity contribution is -0.132. The molecule has 0 saturated heterocycles. The fraction of sp³-hybridized carbons (Fsp3) is 0.118. The second-order valence-electron chi connectivity index (χ2n) is 4.88. The van der Waals surface area contributed by atoms with Gasteiger partial charge in [-0.2, -0.15) is 0 Å². The predicted molar refractivity (Wildman–Crippen MR) is 76.0 cm³/mol. The van der Waals surface area contributed by atoms with Gasteiger partial charge in [0.1, 0.15) is 17.7 Å². The zero-order valence-electron chi connectivity index (χ0n) is 11.3. The van der Waals surface area contributed by atoms with Gasteiger partial charge < -0.3 is 9.84 Å². The molecule has 2 aromatic carbocycles. The van der Waals surface area contributed by atoms with E-state index in [-0.39, 0.29) is 11.4 Å². The van der Waals surface area contributed by atoms with Crippen molar-refractivity contribution in [3.63, 3.8) is 0 Å². The van der Waals surface area contributed by atoms with Crippen LogP contribution in [0.1, 0.15) is 24.2 Å². The second-order valence-corrected chi connectivity index (χ2v) is 4.88. The van der Waals surface area contributed by atoms with Gasteiger partial charge in [-0.15, -0.1) is 0 Å². The summed E-state index contributed by atoms with van der Waals surface area (Å²) in [5.74, 6) is -0.567.